The number of nitrogens with zero attached hydrogens (tertiary/aromatic N) is 1. The molecule has 2 N–H and O–H groups in total. The molecular formula is C29H40N3O+. The van der Waals surface area contributed by atoms with Crippen molar-refractivity contribution in [2.24, 2.45) is 11.8 Å². The van der Waals surface area contributed by atoms with Gasteiger partial charge in [-0.2, -0.15) is 0 Å². The highest BCUT2D eigenvalue weighted by Crippen LogP contribution is 2.26. The van der Waals surface area contributed by atoms with Crippen molar-refractivity contribution in [2.45, 2.75) is 48.0 Å². The average Bonchev–Trinajstić information content (AvgIpc) is 2.76. The summed E-state index contributed by atoms with van der Waals surface area (Å²) >= 11 is 0. The third-order valence-corrected chi connectivity index (χ3v) is 6.15. The highest BCUT2D eigenvalue weighted by molar-refractivity contribution is 6.07. The molecule has 1 amide bonds. The van der Waals surface area contributed by atoms with E-state index < -0.39 is 0 Å². The fraction of sp³-hybridized carbons (Fsp3) is 0.448. The zero-order valence-corrected chi connectivity index (χ0v) is 21.2. The molecule has 4 heteroatoms. The molecule has 4 nitrogen and oxygen atoms in total. The molecule has 33 heavy (non-hydrogen) atoms. The van der Waals surface area contributed by atoms with Crippen LogP contribution in [-0.4, -0.2) is 37.1 Å². The van der Waals surface area contributed by atoms with Crippen molar-refractivity contribution in [1.82, 2.24) is 10.3 Å². The minimum Gasteiger partial charge on any atom is -0.352 e. The van der Waals surface area contributed by atoms with E-state index in [0.717, 1.165) is 35.1 Å². The third-order valence-electron chi connectivity index (χ3n) is 6.15. The molecule has 0 saturated carbocycles. The summed E-state index contributed by atoms with van der Waals surface area (Å²) in [4.78, 5) is 19.7. The lowest BCUT2D eigenvalue weighted by atomic mass is 10.0. The molecule has 1 aromatic heterocycles. The van der Waals surface area contributed by atoms with Crippen LogP contribution in [0.15, 0.2) is 48.5 Å². The van der Waals surface area contributed by atoms with Crippen LogP contribution in [0.5, 0.6) is 0 Å². The van der Waals surface area contributed by atoms with Crippen LogP contribution in [0.1, 0.15) is 55.6 Å². The number of aromatic nitrogens is 1. The van der Waals surface area contributed by atoms with Crippen LogP contribution < -0.4 is 10.2 Å². The van der Waals surface area contributed by atoms with Gasteiger partial charge < -0.3 is 10.2 Å². The summed E-state index contributed by atoms with van der Waals surface area (Å²) in [5, 5.41) is 4.07. The van der Waals surface area contributed by atoms with Crippen molar-refractivity contribution in [3.63, 3.8) is 0 Å². The topological polar surface area (TPSA) is 46.4 Å². The summed E-state index contributed by atoms with van der Waals surface area (Å²) < 4.78 is 0. The molecule has 176 valence electrons. The molecule has 0 radical (unpaired) electrons. The van der Waals surface area contributed by atoms with Gasteiger partial charge in [-0.3, -0.25) is 4.79 Å². The standard InChI is InChI=1S/C29H39N3O/c1-20(2)18-32(19-21(3)4)15-9-14-30-29(33)26-17-28(24-13-12-22(5)23(6)16-24)31-27-11-8-7-10-25(26)27/h7-8,10-13,16-17,20-21H,9,14-15,18-19H2,1-6H3,(H,30,33)/p+1. The Labute approximate surface area is 199 Å². The predicted molar refractivity (Wildman–Crippen MR) is 139 cm³/mol. The van der Waals surface area contributed by atoms with Gasteiger partial charge in [0.1, 0.15) is 0 Å². The quantitative estimate of drug-likeness (QED) is 0.438. The average molecular weight is 447 g/mol. The summed E-state index contributed by atoms with van der Waals surface area (Å²) in [5.74, 6) is 1.34. The number of benzene rings is 2. The minimum absolute atomic E-state index is 0.0204. The molecule has 0 fully saturated rings. The van der Waals surface area contributed by atoms with Gasteiger partial charge in [-0.1, -0.05) is 58.0 Å². The van der Waals surface area contributed by atoms with Crippen molar-refractivity contribution in [3.8, 4) is 11.3 Å². The van der Waals surface area contributed by atoms with E-state index in [2.05, 4.69) is 65.1 Å². The Balaban J connectivity index is 1.75. The number of hydrogen-bond acceptors (Lipinski definition) is 2. The van der Waals surface area contributed by atoms with Crippen molar-refractivity contribution in [1.29, 1.82) is 0 Å². The molecule has 0 aliphatic carbocycles. The summed E-state index contributed by atoms with van der Waals surface area (Å²) in [6, 6.07) is 16.2. The molecule has 0 atom stereocenters. The van der Waals surface area contributed by atoms with E-state index in [1.165, 1.54) is 24.2 Å². The van der Waals surface area contributed by atoms with Gasteiger partial charge >= 0.3 is 0 Å². The van der Waals surface area contributed by atoms with Gasteiger partial charge in [0.05, 0.1) is 36.4 Å². The molecule has 0 unspecified atom stereocenters. The van der Waals surface area contributed by atoms with Gasteiger partial charge in [0.25, 0.3) is 5.91 Å². The molecule has 0 bridgehead atoms. The number of hydrogen-bond donors (Lipinski definition) is 2. The summed E-state index contributed by atoms with van der Waals surface area (Å²) in [7, 11) is 0. The maximum absolute atomic E-state index is 13.2. The SMILES string of the molecule is Cc1ccc(-c2cc(C(=O)NCCC[NH+](CC(C)C)CC(C)C)c3ccccc3n2)cc1C. The number of rotatable bonds is 10. The van der Waals surface area contributed by atoms with E-state index in [9.17, 15) is 4.79 Å². The van der Waals surface area contributed by atoms with Crippen molar-refractivity contribution >= 4 is 16.8 Å². The summed E-state index contributed by atoms with van der Waals surface area (Å²) in [6.45, 7) is 17.5. The molecule has 3 rings (SSSR count). The van der Waals surface area contributed by atoms with Crippen LogP contribution in [0.2, 0.25) is 0 Å². The molecule has 0 aliphatic rings. The number of quaternary nitrogens is 1. The number of carbonyl (C=O) groups excluding carboxylic acids is 1. The maximum Gasteiger partial charge on any atom is 0.252 e. The van der Waals surface area contributed by atoms with Crippen LogP contribution in [0.4, 0.5) is 0 Å². The van der Waals surface area contributed by atoms with Crippen LogP contribution in [0.25, 0.3) is 22.2 Å². The Bertz CT molecular complexity index is 1080. The predicted octanol–water partition coefficient (Wildman–Crippen LogP) is 4.84. The second kappa shape index (κ2) is 11.4. The molecule has 0 aliphatic heterocycles. The van der Waals surface area contributed by atoms with Crippen LogP contribution in [0, 0.1) is 25.7 Å². The third kappa shape index (κ3) is 6.88. The maximum atomic E-state index is 13.2. The van der Waals surface area contributed by atoms with Crippen LogP contribution in [-0.2, 0) is 0 Å². The number of nitrogens with one attached hydrogen (secondary N) is 2. The highest BCUT2D eigenvalue weighted by atomic mass is 16.1. The molecule has 2 aromatic carbocycles. The van der Waals surface area contributed by atoms with Gasteiger partial charge in [0.2, 0.25) is 0 Å². The lowest BCUT2D eigenvalue weighted by Gasteiger charge is -2.23. The van der Waals surface area contributed by atoms with Crippen molar-refractivity contribution in [3.05, 3.63) is 65.2 Å². The summed E-state index contributed by atoms with van der Waals surface area (Å²) in [6.07, 6.45) is 0.980. The monoisotopic (exact) mass is 446 g/mol. The number of amides is 1. The zero-order chi connectivity index (χ0) is 24.0. The minimum atomic E-state index is -0.0204. The van der Waals surface area contributed by atoms with Crippen molar-refractivity contribution in [2.75, 3.05) is 26.2 Å². The number of para-hydroxylation sites is 1. The fourth-order valence-electron chi connectivity index (χ4n) is 4.49. The number of fused-ring (bicyclic) bond motifs is 1. The second-order valence-electron chi connectivity index (χ2n) is 10.2. The molecule has 3 aromatic rings. The first kappa shape index (κ1) is 24.9. The van der Waals surface area contributed by atoms with E-state index in [-0.39, 0.29) is 5.91 Å². The van der Waals surface area contributed by atoms with E-state index in [4.69, 9.17) is 4.98 Å². The van der Waals surface area contributed by atoms with E-state index >= 15 is 0 Å². The first-order valence-electron chi connectivity index (χ1n) is 12.3. The van der Waals surface area contributed by atoms with Gasteiger partial charge in [-0.05, 0) is 43.2 Å². The Morgan fingerprint density at radius 2 is 1.64 bits per heavy atom. The Morgan fingerprint density at radius 3 is 2.30 bits per heavy atom. The molecule has 0 spiro atoms. The number of pyridine rings is 1. The van der Waals surface area contributed by atoms with E-state index in [0.29, 0.717) is 23.9 Å². The van der Waals surface area contributed by atoms with E-state index in [1.807, 2.05) is 30.3 Å². The highest BCUT2D eigenvalue weighted by Gasteiger charge is 2.16. The normalized spacial score (nSPS) is 11.7. The van der Waals surface area contributed by atoms with Crippen LogP contribution in [0.3, 0.4) is 0 Å². The lowest BCUT2D eigenvalue weighted by Crippen LogP contribution is -3.13. The molecule has 0 saturated heterocycles. The Hall–Kier alpha value is -2.72. The van der Waals surface area contributed by atoms with Gasteiger partial charge in [0, 0.05) is 35.8 Å². The van der Waals surface area contributed by atoms with Crippen LogP contribution >= 0.6 is 0 Å². The number of aryl methyl sites for hydroxylation is 2. The Kier molecular flexibility index (Phi) is 8.62. The van der Waals surface area contributed by atoms with Gasteiger partial charge in [-0.15, -0.1) is 0 Å². The molecule has 1 heterocycles. The van der Waals surface area contributed by atoms with E-state index in [1.54, 1.807) is 4.90 Å². The molecular weight excluding hydrogens is 406 g/mol. The fourth-order valence-corrected chi connectivity index (χ4v) is 4.49. The zero-order valence-electron chi connectivity index (χ0n) is 21.2. The largest absolute Gasteiger partial charge is 0.352 e. The first-order chi connectivity index (χ1) is 15.7. The number of carbonyl (C=O) groups is 1. The Morgan fingerprint density at radius 1 is 0.939 bits per heavy atom. The smallest absolute Gasteiger partial charge is 0.252 e. The van der Waals surface area contributed by atoms with Gasteiger partial charge in [-0.25, -0.2) is 4.98 Å². The van der Waals surface area contributed by atoms with Crippen molar-refractivity contribution < 1.29 is 9.69 Å². The lowest BCUT2D eigenvalue weighted by molar-refractivity contribution is -0.906. The van der Waals surface area contributed by atoms with Gasteiger partial charge in [0.15, 0.2) is 0 Å². The second-order valence-corrected chi connectivity index (χ2v) is 10.2. The first-order valence-corrected chi connectivity index (χ1v) is 12.3. The summed E-state index contributed by atoms with van der Waals surface area (Å²) in [5.41, 5.74) is 5.91.